The number of rotatable bonds is 3. The Bertz CT molecular complexity index is 1170. The molecule has 7 nitrogen and oxygen atoms in total. The minimum Gasteiger partial charge on any atom is -0.418 e. The van der Waals surface area contributed by atoms with Crippen molar-refractivity contribution in [3.63, 3.8) is 0 Å². The molecule has 2 bridgehead atoms. The minimum absolute atomic E-state index is 0.250. The van der Waals surface area contributed by atoms with Crippen molar-refractivity contribution in [2.45, 2.75) is 39.0 Å². The van der Waals surface area contributed by atoms with E-state index in [1.807, 2.05) is 28.8 Å². The summed E-state index contributed by atoms with van der Waals surface area (Å²) < 4.78 is 12.5. The first-order valence-corrected chi connectivity index (χ1v) is 10.2. The van der Waals surface area contributed by atoms with E-state index in [1.165, 1.54) is 32.1 Å². The molecule has 0 spiro atoms. The first-order valence-electron chi connectivity index (χ1n) is 10.2. The van der Waals surface area contributed by atoms with Crippen molar-refractivity contribution in [1.29, 1.82) is 0 Å². The number of benzene rings is 1. The molecule has 1 aliphatic heterocycles. The third-order valence-corrected chi connectivity index (χ3v) is 5.74. The summed E-state index contributed by atoms with van der Waals surface area (Å²) in [6.07, 6.45) is 12.1. The van der Waals surface area contributed by atoms with Crippen LogP contribution in [0.3, 0.4) is 0 Å². The number of ether oxygens (including phenoxy) is 2. The molecule has 1 aliphatic carbocycles. The second kappa shape index (κ2) is 7.40. The number of hydrogen-bond donors (Lipinski definition) is 0. The third-order valence-electron chi connectivity index (χ3n) is 5.74. The topological polar surface area (TPSA) is 83.3 Å². The normalized spacial score (nSPS) is 17.2. The van der Waals surface area contributed by atoms with Crippen LogP contribution in [0.1, 0.15) is 43.5 Å². The molecular formula is C23H21N3O4. The van der Waals surface area contributed by atoms with Crippen LogP contribution in [0.25, 0.3) is 22.9 Å². The van der Waals surface area contributed by atoms with Crippen molar-refractivity contribution < 1.29 is 19.1 Å². The number of imidazole rings is 1. The van der Waals surface area contributed by atoms with E-state index >= 15 is 0 Å². The number of hydrogen-bond acceptors (Lipinski definition) is 6. The standard InChI is InChI=1S/C23H21N3O4/c1-14-17-13-16-20(21(14)30-23(28)22(27)29-17)25-19(11-10-15-7-3-2-4-8-15)26(16)18-9-5-6-12-24-18/h5-6,9-13,15H,2-4,7-8H2,1H3/b11-10+. The van der Waals surface area contributed by atoms with Crippen LogP contribution in [0.2, 0.25) is 0 Å². The van der Waals surface area contributed by atoms with Crippen LogP contribution in [-0.4, -0.2) is 26.5 Å². The van der Waals surface area contributed by atoms with Gasteiger partial charge in [-0.1, -0.05) is 31.4 Å². The third kappa shape index (κ3) is 3.16. The van der Waals surface area contributed by atoms with E-state index < -0.39 is 11.9 Å². The summed E-state index contributed by atoms with van der Waals surface area (Å²) in [5.74, 6) is 0.351. The summed E-state index contributed by atoms with van der Waals surface area (Å²) in [5, 5.41) is 0. The summed E-state index contributed by atoms with van der Waals surface area (Å²) in [7, 11) is 0. The summed E-state index contributed by atoms with van der Waals surface area (Å²) in [4.78, 5) is 33.1. The molecule has 2 aromatic heterocycles. The SMILES string of the molecule is Cc1c2cc3c(nc(/C=C/C4CCCCC4)n3-c3ccccn3)c1OC(=O)C(=O)O2. The summed E-state index contributed by atoms with van der Waals surface area (Å²) >= 11 is 0. The maximum atomic E-state index is 12.0. The molecule has 1 saturated carbocycles. The van der Waals surface area contributed by atoms with Crippen molar-refractivity contribution in [2.24, 2.45) is 5.92 Å². The van der Waals surface area contributed by atoms with Crippen LogP contribution in [0, 0.1) is 12.8 Å². The van der Waals surface area contributed by atoms with Gasteiger partial charge in [-0.05, 0) is 43.9 Å². The number of nitrogens with zero attached hydrogens (tertiary/aromatic N) is 3. The molecule has 0 amide bonds. The van der Waals surface area contributed by atoms with Gasteiger partial charge in [0.15, 0.2) is 5.75 Å². The Morgan fingerprint density at radius 3 is 2.67 bits per heavy atom. The van der Waals surface area contributed by atoms with Crippen molar-refractivity contribution in [1.82, 2.24) is 14.5 Å². The number of carbonyl (C=O) groups is 2. The highest BCUT2D eigenvalue weighted by atomic mass is 16.6. The van der Waals surface area contributed by atoms with Gasteiger partial charge in [0.1, 0.15) is 22.9 Å². The maximum Gasteiger partial charge on any atom is 0.423 e. The summed E-state index contributed by atoms with van der Waals surface area (Å²) in [5.41, 5.74) is 1.72. The van der Waals surface area contributed by atoms with Crippen molar-refractivity contribution in [2.75, 3.05) is 0 Å². The van der Waals surface area contributed by atoms with Crippen molar-refractivity contribution in [3.8, 4) is 17.3 Å². The molecule has 0 atom stereocenters. The van der Waals surface area contributed by atoms with Gasteiger partial charge in [-0.15, -0.1) is 0 Å². The van der Waals surface area contributed by atoms with Crippen LogP contribution in [0.5, 0.6) is 11.5 Å². The van der Waals surface area contributed by atoms with Gasteiger partial charge >= 0.3 is 11.9 Å². The first-order chi connectivity index (χ1) is 14.6. The molecule has 0 unspecified atom stereocenters. The van der Waals surface area contributed by atoms with E-state index in [9.17, 15) is 9.59 Å². The zero-order valence-corrected chi connectivity index (χ0v) is 16.6. The number of carbonyl (C=O) groups excluding carboxylic acids is 2. The number of pyridine rings is 1. The largest absolute Gasteiger partial charge is 0.423 e. The van der Waals surface area contributed by atoms with E-state index in [0.717, 1.165) is 0 Å². The van der Waals surface area contributed by atoms with E-state index in [1.54, 1.807) is 19.2 Å². The molecular weight excluding hydrogens is 382 g/mol. The lowest BCUT2D eigenvalue weighted by Gasteiger charge is -2.17. The molecule has 30 heavy (non-hydrogen) atoms. The summed E-state index contributed by atoms with van der Waals surface area (Å²) in [6, 6.07) is 7.35. The Morgan fingerprint density at radius 1 is 1.10 bits per heavy atom. The molecule has 0 radical (unpaired) electrons. The highest BCUT2D eigenvalue weighted by Gasteiger charge is 2.30. The van der Waals surface area contributed by atoms with E-state index in [4.69, 9.17) is 14.5 Å². The molecule has 7 heteroatoms. The fourth-order valence-electron chi connectivity index (χ4n) is 4.17. The highest BCUT2D eigenvalue weighted by Crippen LogP contribution is 2.39. The monoisotopic (exact) mass is 403 g/mol. The number of aromatic nitrogens is 3. The average molecular weight is 403 g/mol. The van der Waals surface area contributed by atoms with Crippen LogP contribution < -0.4 is 9.47 Å². The van der Waals surface area contributed by atoms with Crippen LogP contribution in [-0.2, 0) is 9.59 Å². The molecule has 2 aliphatic rings. The van der Waals surface area contributed by atoms with Crippen molar-refractivity contribution >= 4 is 29.0 Å². The van der Waals surface area contributed by atoms with Gasteiger partial charge in [-0.3, -0.25) is 4.57 Å². The lowest BCUT2D eigenvalue weighted by Crippen LogP contribution is -2.23. The fourth-order valence-corrected chi connectivity index (χ4v) is 4.17. The van der Waals surface area contributed by atoms with Crippen LogP contribution >= 0.6 is 0 Å². The molecule has 0 N–H and O–H groups in total. The number of fused-ring (bicyclic) bond motifs is 4. The second-order valence-corrected chi connectivity index (χ2v) is 7.73. The van der Waals surface area contributed by atoms with Gasteiger partial charge in [-0.25, -0.2) is 19.6 Å². The molecule has 1 aromatic carbocycles. The molecule has 152 valence electrons. The highest BCUT2D eigenvalue weighted by molar-refractivity contribution is 6.31. The Kier molecular flexibility index (Phi) is 4.58. The Balaban J connectivity index is 1.71. The predicted molar refractivity (Wildman–Crippen MR) is 110 cm³/mol. The minimum atomic E-state index is -1.05. The predicted octanol–water partition coefficient (Wildman–Crippen LogP) is 4.15. The first kappa shape index (κ1) is 18.5. The van der Waals surface area contributed by atoms with Crippen molar-refractivity contribution in [3.05, 3.63) is 47.9 Å². The van der Waals surface area contributed by atoms with E-state index in [0.29, 0.717) is 34.2 Å². The van der Waals surface area contributed by atoms with Crippen LogP contribution in [0.4, 0.5) is 0 Å². The molecule has 5 rings (SSSR count). The number of esters is 2. The molecule has 3 heterocycles. The van der Waals surface area contributed by atoms with Gasteiger partial charge in [0.25, 0.3) is 0 Å². The fraction of sp³-hybridized carbons (Fsp3) is 0.304. The van der Waals surface area contributed by atoms with Crippen LogP contribution in [0.15, 0.2) is 36.5 Å². The molecule has 0 saturated heterocycles. The second-order valence-electron chi connectivity index (χ2n) is 7.73. The zero-order chi connectivity index (χ0) is 20.7. The van der Waals surface area contributed by atoms with Gasteiger partial charge < -0.3 is 9.47 Å². The lowest BCUT2D eigenvalue weighted by molar-refractivity contribution is -0.155. The average Bonchev–Trinajstić information content (AvgIpc) is 3.11. The molecule has 3 aromatic rings. The van der Waals surface area contributed by atoms with Gasteiger partial charge in [-0.2, -0.15) is 0 Å². The van der Waals surface area contributed by atoms with E-state index in [2.05, 4.69) is 11.1 Å². The Labute approximate surface area is 173 Å². The van der Waals surface area contributed by atoms with Gasteiger partial charge in [0.05, 0.1) is 5.52 Å². The quantitative estimate of drug-likeness (QED) is 0.371. The zero-order valence-electron chi connectivity index (χ0n) is 16.6. The van der Waals surface area contributed by atoms with Gasteiger partial charge in [0.2, 0.25) is 0 Å². The maximum absolute atomic E-state index is 12.0. The summed E-state index contributed by atoms with van der Waals surface area (Å²) in [6.45, 7) is 1.74. The molecule has 1 fully saturated rings. The van der Waals surface area contributed by atoms with E-state index in [-0.39, 0.29) is 11.5 Å². The lowest BCUT2D eigenvalue weighted by atomic mass is 9.89. The Hall–Kier alpha value is -3.48. The number of allylic oxidation sites excluding steroid dienone is 1. The smallest absolute Gasteiger partial charge is 0.418 e. The Morgan fingerprint density at radius 2 is 1.90 bits per heavy atom. The van der Waals surface area contributed by atoms with Gasteiger partial charge in [0, 0.05) is 17.8 Å².